The van der Waals surface area contributed by atoms with E-state index in [1.807, 2.05) is 0 Å². The molecule has 0 radical (unpaired) electrons. The number of anilines is 1. The number of nitrogen functional groups attached to an aromatic ring is 1. The fourth-order valence-corrected chi connectivity index (χ4v) is 0.933. The number of rotatable bonds is 3. The molecule has 1 heterocycles. The molecule has 0 spiro atoms. The van der Waals surface area contributed by atoms with Crippen LogP contribution in [0.3, 0.4) is 0 Å². The first-order valence-electron chi connectivity index (χ1n) is 3.99. The molecule has 12 heavy (non-hydrogen) atoms. The SMILES string of the molecule is CC(CN)Cc1nc(N)n(C)n1. The average molecular weight is 169 g/mol. The van der Waals surface area contributed by atoms with Gasteiger partial charge in [-0.15, -0.1) is 0 Å². The minimum absolute atomic E-state index is 0.409. The van der Waals surface area contributed by atoms with Gasteiger partial charge in [0.05, 0.1) is 0 Å². The van der Waals surface area contributed by atoms with Crippen molar-refractivity contribution >= 4 is 5.95 Å². The van der Waals surface area contributed by atoms with Crippen LogP contribution in [0.15, 0.2) is 0 Å². The summed E-state index contributed by atoms with van der Waals surface area (Å²) in [5.74, 6) is 1.63. The molecule has 0 aromatic carbocycles. The van der Waals surface area contributed by atoms with Crippen LogP contribution in [0.1, 0.15) is 12.7 Å². The second-order valence-corrected chi connectivity index (χ2v) is 3.05. The molecule has 0 bridgehead atoms. The van der Waals surface area contributed by atoms with E-state index in [1.165, 1.54) is 0 Å². The quantitative estimate of drug-likeness (QED) is 0.641. The van der Waals surface area contributed by atoms with E-state index in [9.17, 15) is 0 Å². The molecule has 1 rings (SSSR count). The first kappa shape index (κ1) is 8.99. The lowest BCUT2D eigenvalue weighted by Crippen LogP contribution is -2.13. The molecule has 1 aromatic heterocycles. The lowest BCUT2D eigenvalue weighted by molar-refractivity contribution is 0.569. The van der Waals surface area contributed by atoms with Crippen LogP contribution >= 0.6 is 0 Å². The van der Waals surface area contributed by atoms with Crippen LogP contribution in [0.4, 0.5) is 5.95 Å². The zero-order valence-electron chi connectivity index (χ0n) is 7.49. The zero-order chi connectivity index (χ0) is 9.14. The Morgan fingerprint density at radius 3 is 2.67 bits per heavy atom. The third-order valence-corrected chi connectivity index (χ3v) is 1.77. The van der Waals surface area contributed by atoms with Gasteiger partial charge >= 0.3 is 0 Å². The Morgan fingerprint density at radius 2 is 2.25 bits per heavy atom. The molecule has 4 N–H and O–H groups in total. The summed E-state index contributed by atoms with van der Waals surface area (Å²) in [5.41, 5.74) is 11.0. The van der Waals surface area contributed by atoms with E-state index in [2.05, 4.69) is 17.0 Å². The zero-order valence-corrected chi connectivity index (χ0v) is 7.49. The molecule has 0 amide bonds. The summed E-state index contributed by atoms with van der Waals surface area (Å²) in [6.07, 6.45) is 0.793. The van der Waals surface area contributed by atoms with Crippen molar-refractivity contribution in [1.82, 2.24) is 14.8 Å². The highest BCUT2D eigenvalue weighted by Crippen LogP contribution is 2.04. The van der Waals surface area contributed by atoms with Crippen molar-refractivity contribution in [2.24, 2.45) is 18.7 Å². The van der Waals surface area contributed by atoms with E-state index in [0.29, 0.717) is 18.4 Å². The monoisotopic (exact) mass is 169 g/mol. The highest BCUT2D eigenvalue weighted by atomic mass is 15.4. The minimum Gasteiger partial charge on any atom is -0.368 e. The topological polar surface area (TPSA) is 82.7 Å². The van der Waals surface area contributed by atoms with Crippen molar-refractivity contribution in [3.8, 4) is 0 Å². The van der Waals surface area contributed by atoms with Gasteiger partial charge in [-0.05, 0) is 12.5 Å². The van der Waals surface area contributed by atoms with Crippen molar-refractivity contribution in [1.29, 1.82) is 0 Å². The third-order valence-electron chi connectivity index (χ3n) is 1.77. The van der Waals surface area contributed by atoms with E-state index < -0.39 is 0 Å². The highest BCUT2D eigenvalue weighted by molar-refractivity contribution is 5.15. The summed E-state index contributed by atoms with van der Waals surface area (Å²) >= 11 is 0. The van der Waals surface area contributed by atoms with E-state index in [0.717, 1.165) is 12.2 Å². The Kier molecular flexibility index (Phi) is 2.65. The Bertz CT molecular complexity index is 235. The smallest absolute Gasteiger partial charge is 0.218 e. The van der Waals surface area contributed by atoms with Gasteiger partial charge in [0, 0.05) is 13.5 Å². The molecule has 68 valence electrons. The maximum atomic E-state index is 5.52. The average Bonchev–Trinajstić information content (AvgIpc) is 2.31. The van der Waals surface area contributed by atoms with Gasteiger partial charge in [0.2, 0.25) is 5.95 Å². The molecule has 1 atom stereocenters. The number of hydrogen-bond donors (Lipinski definition) is 2. The standard InChI is InChI=1S/C7H15N5/c1-5(4-8)3-6-10-7(9)12(2)11-6/h5H,3-4,8H2,1-2H3,(H2,9,10,11). The molecule has 1 aromatic rings. The predicted octanol–water partition coefficient (Wildman–Crippen LogP) is -0.465. The second kappa shape index (κ2) is 3.53. The van der Waals surface area contributed by atoms with Crippen molar-refractivity contribution < 1.29 is 0 Å². The second-order valence-electron chi connectivity index (χ2n) is 3.05. The fourth-order valence-electron chi connectivity index (χ4n) is 0.933. The van der Waals surface area contributed by atoms with Gasteiger partial charge in [-0.3, -0.25) is 0 Å². The van der Waals surface area contributed by atoms with Crippen LogP contribution in [0.5, 0.6) is 0 Å². The van der Waals surface area contributed by atoms with Crippen molar-refractivity contribution in [2.75, 3.05) is 12.3 Å². The van der Waals surface area contributed by atoms with Gasteiger partial charge in [0.25, 0.3) is 0 Å². The predicted molar refractivity (Wildman–Crippen MR) is 47.3 cm³/mol. The number of aryl methyl sites for hydroxylation is 1. The molecule has 0 saturated heterocycles. The molecule has 1 unspecified atom stereocenters. The number of aromatic nitrogens is 3. The Morgan fingerprint density at radius 1 is 1.58 bits per heavy atom. The van der Waals surface area contributed by atoms with Crippen molar-refractivity contribution in [2.45, 2.75) is 13.3 Å². The van der Waals surface area contributed by atoms with Crippen LogP contribution in [0, 0.1) is 5.92 Å². The first-order valence-corrected chi connectivity index (χ1v) is 3.99. The molecule has 5 nitrogen and oxygen atoms in total. The maximum Gasteiger partial charge on any atom is 0.218 e. The first-order chi connectivity index (χ1) is 5.63. The van der Waals surface area contributed by atoms with Crippen LogP contribution in [0.25, 0.3) is 0 Å². The van der Waals surface area contributed by atoms with E-state index in [1.54, 1.807) is 11.7 Å². The molecule has 0 aliphatic carbocycles. The van der Waals surface area contributed by atoms with Gasteiger partial charge in [0.1, 0.15) is 0 Å². The Labute approximate surface area is 71.8 Å². The highest BCUT2D eigenvalue weighted by Gasteiger charge is 2.07. The summed E-state index contributed by atoms with van der Waals surface area (Å²) in [6, 6.07) is 0. The number of nitrogens with zero attached hydrogens (tertiary/aromatic N) is 3. The molecular weight excluding hydrogens is 154 g/mol. The normalized spacial score (nSPS) is 13.2. The Hall–Kier alpha value is -1.10. The lowest BCUT2D eigenvalue weighted by Gasteiger charge is -2.02. The summed E-state index contributed by atoms with van der Waals surface area (Å²) in [6.45, 7) is 2.71. The molecule has 5 heteroatoms. The minimum atomic E-state index is 0.409. The number of nitrogens with two attached hydrogens (primary N) is 2. The van der Waals surface area contributed by atoms with E-state index in [4.69, 9.17) is 11.5 Å². The summed E-state index contributed by atoms with van der Waals surface area (Å²) < 4.78 is 1.57. The summed E-state index contributed by atoms with van der Waals surface area (Å²) in [5, 5.41) is 4.12. The molecule has 0 fully saturated rings. The van der Waals surface area contributed by atoms with Crippen LogP contribution in [0.2, 0.25) is 0 Å². The number of hydrogen-bond acceptors (Lipinski definition) is 4. The van der Waals surface area contributed by atoms with Gasteiger partial charge < -0.3 is 11.5 Å². The molecule has 0 aliphatic heterocycles. The molecular formula is C7H15N5. The van der Waals surface area contributed by atoms with Crippen LogP contribution < -0.4 is 11.5 Å². The van der Waals surface area contributed by atoms with Gasteiger partial charge in [-0.2, -0.15) is 10.1 Å². The Balaban J connectivity index is 2.64. The van der Waals surface area contributed by atoms with Crippen LogP contribution in [-0.2, 0) is 13.5 Å². The summed E-state index contributed by atoms with van der Waals surface area (Å²) in [7, 11) is 1.78. The van der Waals surface area contributed by atoms with Crippen molar-refractivity contribution in [3.05, 3.63) is 5.82 Å². The summed E-state index contributed by atoms with van der Waals surface area (Å²) in [4.78, 5) is 4.07. The van der Waals surface area contributed by atoms with Gasteiger partial charge in [0.15, 0.2) is 5.82 Å². The third kappa shape index (κ3) is 1.94. The van der Waals surface area contributed by atoms with E-state index in [-0.39, 0.29) is 0 Å². The lowest BCUT2D eigenvalue weighted by atomic mass is 10.1. The van der Waals surface area contributed by atoms with Crippen LogP contribution in [-0.4, -0.2) is 21.3 Å². The molecule has 0 saturated carbocycles. The van der Waals surface area contributed by atoms with Gasteiger partial charge in [-0.25, -0.2) is 4.68 Å². The fraction of sp³-hybridized carbons (Fsp3) is 0.714. The van der Waals surface area contributed by atoms with E-state index >= 15 is 0 Å². The maximum absolute atomic E-state index is 5.52. The van der Waals surface area contributed by atoms with Crippen molar-refractivity contribution in [3.63, 3.8) is 0 Å². The van der Waals surface area contributed by atoms with Gasteiger partial charge in [-0.1, -0.05) is 6.92 Å². The molecule has 0 aliphatic rings. The largest absolute Gasteiger partial charge is 0.368 e.